The molecule has 1 aromatic heterocycles. The third-order valence-corrected chi connectivity index (χ3v) is 5.01. The number of hydrogen-bond donors (Lipinski definition) is 1. The molecule has 0 saturated heterocycles. The molecule has 0 unspecified atom stereocenters. The first kappa shape index (κ1) is 19.5. The van der Waals surface area contributed by atoms with Crippen LogP contribution in [0.3, 0.4) is 0 Å². The first-order chi connectivity index (χ1) is 14.6. The van der Waals surface area contributed by atoms with Crippen molar-refractivity contribution in [3.8, 4) is 22.8 Å². The normalized spacial score (nSPS) is 10.6. The fraction of sp³-hybridized carbons (Fsp3) is 0.120. The van der Waals surface area contributed by atoms with Gasteiger partial charge in [-0.2, -0.15) is 0 Å². The Morgan fingerprint density at radius 2 is 1.53 bits per heavy atom. The number of aryl methyl sites for hydroxylation is 1. The smallest absolute Gasteiger partial charge is 0.256 e. The minimum atomic E-state index is -0.207. The van der Waals surface area contributed by atoms with Crippen molar-refractivity contribution in [2.75, 3.05) is 19.5 Å². The topological polar surface area (TPSA) is 60.5 Å². The molecule has 0 aliphatic rings. The third kappa shape index (κ3) is 3.70. The zero-order valence-corrected chi connectivity index (χ0v) is 17.1. The fourth-order valence-electron chi connectivity index (χ4n) is 3.42. The van der Waals surface area contributed by atoms with Gasteiger partial charge in [0.25, 0.3) is 5.91 Å². The number of methoxy groups -OCH3 is 2. The number of amides is 1. The molecule has 5 heteroatoms. The molecule has 0 radical (unpaired) electrons. The SMILES string of the molecule is COc1cc(C)c(NC(=O)c2cc(-c3ccccc3)nc3ccccc23)cc1OC. The van der Waals surface area contributed by atoms with E-state index >= 15 is 0 Å². The predicted octanol–water partition coefficient (Wildman–Crippen LogP) is 5.48. The van der Waals surface area contributed by atoms with Gasteiger partial charge in [-0.25, -0.2) is 4.98 Å². The lowest BCUT2D eigenvalue weighted by Gasteiger charge is -2.15. The zero-order valence-electron chi connectivity index (χ0n) is 17.1. The number of benzene rings is 3. The van der Waals surface area contributed by atoms with Crippen LogP contribution in [-0.2, 0) is 0 Å². The average Bonchev–Trinajstić information content (AvgIpc) is 2.79. The van der Waals surface area contributed by atoms with E-state index < -0.39 is 0 Å². The van der Waals surface area contributed by atoms with E-state index in [4.69, 9.17) is 14.5 Å². The number of para-hydroxylation sites is 1. The Kier molecular flexibility index (Phi) is 5.35. The maximum absolute atomic E-state index is 13.3. The van der Waals surface area contributed by atoms with Crippen LogP contribution < -0.4 is 14.8 Å². The largest absolute Gasteiger partial charge is 0.493 e. The van der Waals surface area contributed by atoms with Crippen molar-refractivity contribution in [1.29, 1.82) is 0 Å². The van der Waals surface area contributed by atoms with Gasteiger partial charge in [0.05, 0.1) is 31.0 Å². The number of nitrogens with zero attached hydrogens (tertiary/aromatic N) is 1. The number of rotatable bonds is 5. The predicted molar refractivity (Wildman–Crippen MR) is 119 cm³/mol. The lowest BCUT2D eigenvalue weighted by Crippen LogP contribution is -2.14. The fourth-order valence-corrected chi connectivity index (χ4v) is 3.42. The van der Waals surface area contributed by atoms with Gasteiger partial charge in [-0.1, -0.05) is 48.5 Å². The highest BCUT2D eigenvalue weighted by Gasteiger charge is 2.16. The molecule has 0 spiro atoms. The first-order valence-corrected chi connectivity index (χ1v) is 9.60. The van der Waals surface area contributed by atoms with Crippen molar-refractivity contribution >= 4 is 22.5 Å². The summed E-state index contributed by atoms with van der Waals surface area (Å²) in [6, 6.07) is 22.9. The van der Waals surface area contributed by atoms with Crippen LogP contribution in [0.2, 0.25) is 0 Å². The van der Waals surface area contributed by atoms with Crippen LogP contribution in [-0.4, -0.2) is 25.1 Å². The van der Waals surface area contributed by atoms with E-state index in [0.717, 1.165) is 27.7 Å². The summed E-state index contributed by atoms with van der Waals surface area (Å²) in [5, 5.41) is 3.82. The van der Waals surface area contributed by atoms with Crippen molar-refractivity contribution in [1.82, 2.24) is 4.98 Å². The molecule has 0 bridgehead atoms. The number of anilines is 1. The molecule has 4 rings (SSSR count). The van der Waals surface area contributed by atoms with E-state index in [2.05, 4.69) is 5.32 Å². The maximum Gasteiger partial charge on any atom is 0.256 e. The van der Waals surface area contributed by atoms with Crippen molar-refractivity contribution in [2.45, 2.75) is 6.92 Å². The van der Waals surface area contributed by atoms with Crippen LogP contribution >= 0.6 is 0 Å². The van der Waals surface area contributed by atoms with E-state index in [1.807, 2.05) is 73.7 Å². The van der Waals surface area contributed by atoms with E-state index in [0.29, 0.717) is 22.7 Å². The molecule has 0 fully saturated rings. The molecule has 150 valence electrons. The highest BCUT2D eigenvalue weighted by atomic mass is 16.5. The molecule has 3 aromatic carbocycles. The summed E-state index contributed by atoms with van der Waals surface area (Å²) in [7, 11) is 3.16. The molecule has 0 aliphatic heterocycles. The van der Waals surface area contributed by atoms with E-state index in [-0.39, 0.29) is 5.91 Å². The Balaban J connectivity index is 1.78. The molecule has 30 heavy (non-hydrogen) atoms. The van der Waals surface area contributed by atoms with Gasteiger partial charge in [-0.15, -0.1) is 0 Å². The molecular formula is C25H22N2O3. The molecule has 4 aromatic rings. The minimum absolute atomic E-state index is 0.207. The molecule has 0 aliphatic carbocycles. The van der Waals surface area contributed by atoms with Gasteiger partial charge >= 0.3 is 0 Å². The summed E-state index contributed by atoms with van der Waals surface area (Å²) in [6.45, 7) is 1.91. The number of aromatic nitrogens is 1. The zero-order chi connectivity index (χ0) is 21.1. The average molecular weight is 398 g/mol. The van der Waals surface area contributed by atoms with Crippen molar-refractivity contribution in [3.05, 3.63) is 83.9 Å². The van der Waals surface area contributed by atoms with Gasteiger partial charge in [0.2, 0.25) is 0 Å². The second-order valence-corrected chi connectivity index (χ2v) is 6.91. The van der Waals surface area contributed by atoms with E-state index in [9.17, 15) is 4.79 Å². The van der Waals surface area contributed by atoms with Crippen molar-refractivity contribution in [3.63, 3.8) is 0 Å². The van der Waals surface area contributed by atoms with Gasteiger partial charge < -0.3 is 14.8 Å². The number of carbonyl (C=O) groups excluding carboxylic acids is 1. The lowest BCUT2D eigenvalue weighted by atomic mass is 10.0. The monoisotopic (exact) mass is 398 g/mol. The Bertz CT molecular complexity index is 1220. The Morgan fingerprint density at radius 3 is 2.27 bits per heavy atom. The van der Waals surface area contributed by atoms with Gasteiger partial charge in [-0.05, 0) is 30.7 Å². The van der Waals surface area contributed by atoms with Gasteiger partial charge in [0, 0.05) is 22.7 Å². The van der Waals surface area contributed by atoms with Crippen LogP contribution in [0, 0.1) is 6.92 Å². The highest BCUT2D eigenvalue weighted by Crippen LogP contribution is 2.33. The second kappa shape index (κ2) is 8.25. The second-order valence-electron chi connectivity index (χ2n) is 6.91. The van der Waals surface area contributed by atoms with Crippen LogP contribution in [0.15, 0.2) is 72.8 Å². The highest BCUT2D eigenvalue weighted by molar-refractivity contribution is 6.13. The summed E-state index contributed by atoms with van der Waals surface area (Å²) in [4.78, 5) is 18.1. The Labute approximate surface area is 175 Å². The van der Waals surface area contributed by atoms with E-state index in [1.54, 1.807) is 20.3 Å². The van der Waals surface area contributed by atoms with Crippen molar-refractivity contribution in [2.24, 2.45) is 0 Å². The van der Waals surface area contributed by atoms with Crippen LogP contribution in [0.5, 0.6) is 11.5 Å². The maximum atomic E-state index is 13.3. The van der Waals surface area contributed by atoms with Gasteiger partial charge in [0.15, 0.2) is 11.5 Å². The molecular weight excluding hydrogens is 376 g/mol. The summed E-state index contributed by atoms with van der Waals surface area (Å²) in [5.41, 5.74) is 4.59. The summed E-state index contributed by atoms with van der Waals surface area (Å²) >= 11 is 0. The summed E-state index contributed by atoms with van der Waals surface area (Å²) in [5.74, 6) is 0.970. The van der Waals surface area contributed by atoms with Crippen molar-refractivity contribution < 1.29 is 14.3 Å². The van der Waals surface area contributed by atoms with Gasteiger partial charge in [0.1, 0.15) is 0 Å². The molecule has 5 nitrogen and oxygen atoms in total. The quantitative estimate of drug-likeness (QED) is 0.484. The molecule has 1 N–H and O–H groups in total. The number of carbonyl (C=O) groups is 1. The summed E-state index contributed by atoms with van der Waals surface area (Å²) < 4.78 is 10.7. The summed E-state index contributed by atoms with van der Waals surface area (Å²) in [6.07, 6.45) is 0. The lowest BCUT2D eigenvalue weighted by molar-refractivity contribution is 0.102. The molecule has 1 heterocycles. The van der Waals surface area contributed by atoms with Crippen LogP contribution in [0.1, 0.15) is 15.9 Å². The molecule has 0 saturated carbocycles. The van der Waals surface area contributed by atoms with Gasteiger partial charge in [-0.3, -0.25) is 4.79 Å². The van der Waals surface area contributed by atoms with E-state index in [1.165, 1.54) is 0 Å². The van der Waals surface area contributed by atoms with Crippen LogP contribution in [0.25, 0.3) is 22.2 Å². The number of nitrogens with one attached hydrogen (secondary N) is 1. The Hall–Kier alpha value is -3.86. The third-order valence-electron chi connectivity index (χ3n) is 5.01. The standard InChI is InChI=1S/C25H22N2O3/c1-16-13-23(29-2)24(30-3)15-21(16)27-25(28)19-14-22(17-9-5-4-6-10-17)26-20-12-8-7-11-18(19)20/h4-15H,1-3H3,(H,27,28). The molecule has 1 amide bonds. The number of fused-ring (bicyclic) bond motifs is 1. The number of hydrogen-bond acceptors (Lipinski definition) is 4. The van der Waals surface area contributed by atoms with Crippen LogP contribution in [0.4, 0.5) is 5.69 Å². The minimum Gasteiger partial charge on any atom is -0.493 e. The number of pyridine rings is 1. The number of ether oxygens (including phenoxy) is 2. The first-order valence-electron chi connectivity index (χ1n) is 9.60. The molecule has 0 atom stereocenters. The Morgan fingerprint density at radius 1 is 0.867 bits per heavy atom.